The van der Waals surface area contributed by atoms with Gasteiger partial charge in [0.25, 0.3) is 0 Å². The average Bonchev–Trinajstić information content (AvgIpc) is 3.05. The number of allylic oxidation sites excluding steroid dienone is 4. The molecule has 0 aliphatic rings. The number of hydrogen-bond acceptors (Lipinski definition) is 3. The first-order valence-electron chi connectivity index (χ1n) is 21.0. The van der Waals surface area contributed by atoms with E-state index in [9.17, 15) is 5.11 Å². The predicted molar refractivity (Wildman–Crippen MR) is 208 cm³/mol. The van der Waals surface area contributed by atoms with Gasteiger partial charge in [-0.1, -0.05) is 154 Å². The van der Waals surface area contributed by atoms with Crippen molar-refractivity contribution in [3.05, 3.63) is 24.3 Å². The highest BCUT2D eigenvalue weighted by Gasteiger charge is 2.34. The second-order valence-corrected chi connectivity index (χ2v) is 14.9. The highest BCUT2D eigenvalue weighted by Crippen LogP contribution is 2.18. The van der Waals surface area contributed by atoms with Crippen molar-refractivity contribution in [1.29, 1.82) is 0 Å². The number of quaternary nitrogens is 1. The number of nitrogens with zero attached hydrogens (tertiary/aromatic N) is 1. The summed E-state index contributed by atoms with van der Waals surface area (Å²) < 4.78 is 13.4. The topological polar surface area (TPSA) is 38.7 Å². The molecule has 0 spiro atoms. The smallest absolute Gasteiger partial charge is 0.219 e. The SMILES string of the molecule is CCCCCCCC/C=C\CCCCCCCCOC(C)C(OCCCCCCCC/C=C\CCCCCCCC)[N+](C)(C)CCO.[Br-]. The van der Waals surface area contributed by atoms with Crippen molar-refractivity contribution in [3.63, 3.8) is 0 Å². The van der Waals surface area contributed by atoms with Crippen LogP contribution in [0.5, 0.6) is 0 Å². The zero-order valence-corrected chi connectivity index (χ0v) is 34.8. The summed E-state index contributed by atoms with van der Waals surface area (Å²) in [5.41, 5.74) is 0. The van der Waals surface area contributed by atoms with E-state index in [-0.39, 0.29) is 35.9 Å². The number of rotatable bonds is 38. The Morgan fingerprint density at radius 3 is 1.15 bits per heavy atom. The first kappa shape index (κ1) is 49.9. The number of unbranched alkanes of at least 4 members (excludes halogenated alkanes) is 24. The van der Waals surface area contributed by atoms with Crippen molar-refractivity contribution < 1.29 is 36.0 Å². The van der Waals surface area contributed by atoms with Gasteiger partial charge in [-0.25, -0.2) is 0 Å². The van der Waals surface area contributed by atoms with E-state index in [4.69, 9.17) is 9.47 Å². The molecule has 1 N–H and O–H groups in total. The van der Waals surface area contributed by atoms with Crippen LogP contribution >= 0.6 is 0 Å². The van der Waals surface area contributed by atoms with Gasteiger partial charge < -0.3 is 31.6 Å². The number of aliphatic hydroxyl groups is 1. The first-order chi connectivity index (χ1) is 23.0. The molecule has 0 fully saturated rings. The first-order valence-corrected chi connectivity index (χ1v) is 21.0. The lowest BCUT2D eigenvalue weighted by molar-refractivity contribution is -0.941. The van der Waals surface area contributed by atoms with Gasteiger partial charge in [-0.2, -0.15) is 0 Å². The summed E-state index contributed by atoms with van der Waals surface area (Å²) >= 11 is 0. The Hall–Kier alpha value is -0.200. The van der Waals surface area contributed by atoms with Gasteiger partial charge in [-0.05, 0) is 71.1 Å². The Morgan fingerprint density at radius 1 is 0.479 bits per heavy atom. The van der Waals surface area contributed by atoms with Crippen molar-refractivity contribution in [1.82, 2.24) is 0 Å². The lowest BCUT2D eigenvalue weighted by atomic mass is 10.1. The third-order valence-corrected chi connectivity index (χ3v) is 9.75. The molecular weight excluding hydrogens is 658 g/mol. The Balaban J connectivity index is 0. The van der Waals surface area contributed by atoms with Crippen LogP contribution in [0.25, 0.3) is 0 Å². The largest absolute Gasteiger partial charge is 1.00 e. The number of ether oxygens (including phenoxy) is 2. The van der Waals surface area contributed by atoms with Crippen molar-refractivity contribution in [2.24, 2.45) is 0 Å². The summed E-state index contributed by atoms with van der Waals surface area (Å²) in [7, 11) is 4.32. The van der Waals surface area contributed by atoms with Gasteiger partial charge in [-0.3, -0.25) is 4.48 Å². The molecule has 0 aliphatic heterocycles. The van der Waals surface area contributed by atoms with E-state index in [2.05, 4.69) is 59.2 Å². The lowest BCUT2D eigenvalue weighted by Crippen LogP contribution is -3.00. The van der Waals surface area contributed by atoms with Crippen LogP contribution in [0.1, 0.15) is 201 Å². The van der Waals surface area contributed by atoms with Crippen LogP contribution in [0, 0.1) is 0 Å². The second kappa shape index (κ2) is 39.6. The maximum atomic E-state index is 9.67. The summed E-state index contributed by atoms with van der Waals surface area (Å²) in [6, 6.07) is 0. The average molecular weight is 745 g/mol. The summed E-state index contributed by atoms with van der Waals surface area (Å²) in [5.74, 6) is 0. The van der Waals surface area contributed by atoms with Crippen molar-refractivity contribution in [3.8, 4) is 0 Å². The van der Waals surface area contributed by atoms with Crippen LogP contribution in [0.3, 0.4) is 0 Å². The van der Waals surface area contributed by atoms with Crippen LogP contribution in [-0.2, 0) is 9.47 Å². The minimum absolute atomic E-state index is 0. The molecule has 2 unspecified atom stereocenters. The summed E-state index contributed by atoms with van der Waals surface area (Å²) in [5, 5.41) is 9.67. The highest BCUT2D eigenvalue weighted by atomic mass is 79.9. The third-order valence-electron chi connectivity index (χ3n) is 9.75. The molecular formula is C43H86BrNO3. The fourth-order valence-electron chi connectivity index (χ4n) is 6.55. The number of halogens is 1. The van der Waals surface area contributed by atoms with Crippen LogP contribution in [0.15, 0.2) is 24.3 Å². The lowest BCUT2D eigenvalue weighted by Gasteiger charge is -2.40. The van der Waals surface area contributed by atoms with Gasteiger partial charge in [0.1, 0.15) is 12.6 Å². The molecule has 0 saturated heterocycles. The molecule has 0 aromatic carbocycles. The predicted octanol–water partition coefficient (Wildman–Crippen LogP) is 9.88. The van der Waals surface area contributed by atoms with Gasteiger partial charge in [0, 0.05) is 6.61 Å². The second-order valence-electron chi connectivity index (χ2n) is 14.9. The molecule has 4 nitrogen and oxygen atoms in total. The molecule has 0 aromatic rings. The number of hydrogen-bond donors (Lipinski definition) is 1. The maximum Gasteiger partial charge on any atom is 0.219 e. The summed E-state index contributed by atoms with van der Waals surface area (Å²) in [6.07, 6.45) is 46.6. The van der Waals surface area contributed by atoms with E-state index < -0.39 is 0 Å². The molecule has 0 aromatic heterocycles. The molecule has 0 amide bonds. The fourth-order valence-corrected chi connectivity index (χ4v) is 6.55. The van der Waals surface area contributed by atoms with E-state index in [1.165, 1.54) is 167 Å². The van der Waals surface area contributed by atoms with E-state index in [0.717, 1.165) is 26.1 Å². The fraction of sp³-hybridized carbons (Fsp3) is 0.907. The molecule has 2 atom stereocenters. The Labute approximate surface area is 312 Å². The zero-order valence-electron chi connectivity index (χ0n) is 33.2. The normalized spacial score (nSPS) is 13.5. The third kappa shape index (κ3) is 34.3. The quantitative estimate of drug-likeness (QED) is 0.0296. The Kier molecular flexibility index (Phi) is 41.2. The molecule has 0 bridgehead atoms. The molecule has 0 aliphatic carbocycles. The minimum Gasteiger partial charge on any atom is -1.00 e. The van der Waals surface area contributed by atoms with Crippen molar-refractivity contribution in [2.45, 2.75) is 213 Å². The van der Waals surface area contributed by atoms with Gasteiger partial charge in [0.2, 0.25) is 6.23 Å². The van der Waals surface area contributed by atoms with E-state index in [1.807, 2.05) is 0 Å². The Morgan fingerprint density at radius 2 is 0.792 bits per heavy atom. The molecule has 48 heavy (non-hydrogen) atoms. The van der Waals surface area contributed by atoms with E-state index in [1.54, 1.807) is 0 Å². The monoisotopic (exact) mass is 744 g/mol. The summed E-state index contributed by atoms with van der Waals surface area (Å²) in [4.78, 5) is 0. The van der Waals surface area contributed by atoms with Gasteiger partial charge in [-0.15, -0.1) is 0 Å². The van der Waals surface area contributed by atoms with Crippen molar-refractivity contribution >= 4 is 0 Å². The van der Waals surface area contributed by atoms with E-state index in [0.29, 0.717) is 11.0 Å². The standard InChI is InChI=1S/C43H86NO3.BrH/c1-6-8-10-12-14-16-18-20-22-24-26-28-30-32-34-36-40-46-42(3)43(44(4,5)38-39-45)47-41-37-35-33-31-29-27-25-23-21-19-17-15-13-11-9-7-2;/h20-23,42-43,45H,6-19,24-41H2,1-5H3;1H/q+1;/p-1/b22-20-,23-21-;. The molecule has 288 valence electrons. The van der Waals surface area contributed by atoms with Gasteiger partial charge in [0.15, 0.2) is 0 Å². The minimum atomic E-state index is -0.0422. The molecule has 0 saturated carbocycles. The van der Waals surface area contributed by atoms with Crippen LogP contribution < -0.4 is 17.0 Å². The molecule has 5 heteroatoms. The van der Waals surface area contributed by atoms with Crippen LogP contribution in [-0.4, -0.2) is 62.4 Å². The molecule has 0 radical (unpaired) electrons. The van der Waals surface area contributed by atoms with Gasteiger partial charge in [0.05, 0.1) is 27.3 Å². The number of aliphatic hydroxyl groups excluding tert-OH is 1. The van der Waals surface area contributed by atoms with Gasteiger partial charge >= 0.3 is 0 Å². The highest BCUT2D eigenvalue weighted by molar-refractivity contribution is 4.82. The molecule has 0 heterocycles. The van der Waals surface area contributed by atoms with E-state index >= 15 is 0 Å². The zero-order chi connectivity index (χ0) is 34.5. The summed E-state index contributed by atoms with van der Waals surface area (Å²) in [6.45, 7) is 9.16. The number of likely N-dealkylation sites (N-methyl/N-ethyl adjacent to an activating group) is 1. The maximum absolute atomic E-state index is 9.67. The van der Waals surface area contributed by atoms with Crippen LogP contribution in [0.2, 0.25) is 0 Å². The molecule has 0 rings (SSSR count). The Bertz CT molecular complexity index is 668. The van der Waals surface area contributed by atoms with Crippen LogP contribution in [0.4, 0.5) is 0 Å². The van der Waals surface area contributed by atoms with Crippen molar-refractivity contribution in [2.75, 3.05) is 40.5 Å².